The summed E-state index contributed by atoms with van der Waals surface area (Å²) >= 11 is 0. The first-order valence-electron chi connectivity index (χ1n) is 9.77. The number of nitrogens with one attached hydrogen (secondary N) is 1. The molecule has 2 aliphatic rings. The standard InChI is InChI=1S/C19H25N5O4/c1-23(12-16-21-17(28-22-16)13-5-2-6-13)19(26)20-14-7-3-9-24(11-14)18(25)15-8-4-10-27-15/h4,8,10,13-14H,2-3,5-7,9,11-12H2,1H3,(H,20,26)/t14-/m0/s1. The number of hydrogen-bond acceptors (Lipinski definition) is 6. The van der Waals surface area contributed by atoms with Crippen molar-refractivity contribution in [1.29, 1.82) is 0 Å². The number of aromatic nitrogens is 2. The molecule has 0 bridgehead atoms. The lowest BCUT2D eigenvalue weighted by atomic mass is 9.85. The number of carbonyl (C=O) groups excluding carboxylic acids is 2. The summed E-state index contributed by atoms with van der Waals surface area (Å²) in [7, 11) is 1.70. The predicted octanol–water partition coefficient (Wildman–Crippen LogP) is 2.38. The second kappa shape index (κ2) is 8.04. The first-order valence-corrected chi connectivity index (χ1v) is 9.77. The summed E-state index contributed by atoms with van der Waals surface area (Å²) in [6.07, 6.45) is 6.53. The second-order valence-corrected chi connectivity index (χ2v) is 7.55. The van der Waals surface area contributed by atoms with Gasteiger partial charge in [0, 0.05) is 32.1 Å². The number of nitrogens with zero attached hydrogens (tertiary/aromatic N) is 4. The molecular weight excluding hydrogens is 362 g/mol. The van der Waals surface area contributed by atoms with Crippen molar-refractivity contribution < 1.29 is 18.5 Å². The number of amides is 3. The van der Waals surface area contributed by atoms with Crippen LogP contribution in [0.2, 0.25) is 0 Å². The molecule has 1 N–H and O–H groups in total. The molecule has 4 rings (SSSR count). The van der Waals surface area contributed by atoms with Gasteiger partial charge in [-0.1, -0.05) is 11.6 Å². The van der Waals surface area contributed by atoms with E-state index in [0.717, 1.165) is 25.7 Å². The molecule has 0 aromatic carbocycles. The zero-order valence-corrected chi connectivity index (χ0v) is 16.0. The van der Waals surface area contributed by atoms with Gasteiger partial charge in [0.05, 0.1) is 12.8 Å². The normalized spacial score (nSPS) is 19.9. The highest BCUT2D eigenvalue weighted by Crippen LogP contribution is 2.35. The van der Waals surface area contributed by atoms with Crippen LogP contribution < -0.4 is 5.32 Å². The average Bonchev–Trinajstić information content (AvgIpc) is 3.32. The fourth-order valence-corrected chi connectivity index (χ4v) is 3.56. The summed E-state index contributed by atoms with van der Waals surface area (Å²) in [6.45, 7) is 1.41. The van der Waals surface area contributed by atoms with Crippen LogP contribution in [0.15, 0.2) is 27.3 Å². The molecule has 1 aliphatic carbocycles. The van der Waals surface area contributed by atoms with Crippen LogP contribution in [0.3, 0.4) is 0 Å². The molecule has 150 valence electrons. The maximum Gasteiger partial charge on any atom is 0.317 e. The van der Waals surface area contributed by atoms with E-state index in [-0.39, 0.29) is 24.5 Å². The molecule has 1 saturated heterocycles. The Bertz CT molecular complexity index is 814. The van der Waals surface area contributed by atoms with Gasteiger partial charge in [0.1, 0.15) is 0 Å². The number of hydrogen-bond donors (Lipinski definition) is 1. The third-order valence-corrected chi connectivity index (χ3v) is 5.43. The van der Waals surface area contributed by atoms with Crippen molar-refractivity contribution in [2.24, 2.45) is 0 Å². The third kappa shape index (κ3) is 4.02. The quantitative estimate of drug-likeness (QED) is 0.845. The van der Waals surface area contributed by atoms with Crippen LogP contribution in [0.25, 0.3) is 0 Å². The SMILES string of the molecule is CN(Cc1noc(C2CCC2)n1)C(=O)N[C@H]1CCCN(C(=O)c2ccco2)C1. The van der Waals surface area contributed by atoms with Crippen LogP contribution >= 0.6 is 0 Å². The first-order chi connectivity index (χ1) is 13.6. The van der Waals surface area contributed by atoms with Gasteiger partial charge >= 0.3 is 6.03 Å². The molecular formula is C19H25N5O4. The maximum atomic E-state index is 12.5. The van der Waals surface area contributed by atoms with Crippen molar-refractivity contribution in [1.82, 2.24) is 25.3 Å². The van der Waals surface area contributed by atoms with E-state index in [1.807, 2.05) is 0 Å². The molecule has 0 unspecified atom stereocenters. The van der Waals surface area contributed by atoms with E-state index in [1.54, 1.807) is 24.1 Å². The molecule has 3 heterocycles. The molecule has 3 amide bonds. The van der Waals surface area contributed by atoms with Crippen molar-refractivity contribution in [3.8, 4) is 0 Å². The van der Waals surface area contributed by atoms with Gasteiger partial charge in [-0.15, -0.1) is 0 Å². The summed E-state index contributed by atoms with van der Waals surface area (Å²) in [5, 5.41) is 6.98. The van der Waals surface area contributed by atoms with Gasteiger partial charge in [0.25, 0.3) is 5.91 Å². The van der Waals surface area contributed by atoms with Crippen molar-refractivity contribution >= 4 is 11.9 Å². The fourth-order valence-electron chi connectivity index (χ4n) is 3.56. The van der Waals surface area contributed by atoms with Crippen LogP contribution in [-0.4, -0.2) is 58.1 Å². The zero-order valence-electron chi connectivity index (χ0n) is 16.0. The Labute approximate surface area is 163 Å². The first kappa shape index (κ1) is 18.5. The Morgan fingerprint density at radius 3 is 2.89 bits per heavy atom. The van der Waals surface area contributed by atoms with Crippen LogP contribution in [0.4, 0.5) is 4.79 Å². The molecule has 0 spiro atoms. The van der Waals surface area contributed by atoms with Gasteiger partial charge in [0.15, 0.2) is 11.6 Å². The molecule has 1 saturated carbocycles. The molecule has 9 nitrogen and oxygen atoms in total. The minimum Gasteiger partial charge on any atom is -0.459 e. The summed E-state index contributed by atoms with van der Waals surface area (Å²) in [6, 6.07) is 3.03. The number of carbonyl (C=O) groups is 2. The van der Waals surface area contributed by atoms with Gasteiger partial charge in [-0.25, -0.2) is 4.79 Å². The Morgan fingerprint density at radius 2 is 2.18 bits per heavy atom. The summed E-state index contributed by atoms with van der Waals surface area (Å²) in [4.78, 5) is 32.6. The van der Waals surface area contributed by atoms with E-state index in [1.165, 1.54) is 17.6 Å². The van der Waals surface area contributed by atoms with Crippen molar-refractivity contribution in [3.63, 3.8) is 0 Å². The van der Waals surface area contributed by atoms with Gasteiger partial charge in [-0.3, -0.25) is 4.79 Å². The number of rotatable bonds is 5. The number of piperidine rings is 1. The maximum absolute atomic E-state index is 12.5. The Balaban J connectivity index is 1.28. The highest BCUT2D eigenvalue weighted by Gasteiger charge is 2.28. The topological polar surface area (TPSA) is 105 Å². The Hall–Kier alpha value is -2.84. The van der Waals surface area contributed by atoms with Gasteiger partial charge in [-0.05, 0) is 37.8 Å². The van der Waals surface area contributed by atoms with Gasteiger partial charge in [0.2, 0.25) is 5.89 Å². The van der Waals surface area contributed by atoms with E-state index in [2.05, 4.69) is 15.5 Å². The molecule has 9 heteroatoms. The van der Waals surface area contributed by atoms with Crippen LogP contribution in [0.1, 0.15) is 60.3 Å². The lowest BCUT2D eigenvalue weighted by Gasteiger charge is -2.33. The number of furan rings is 1. The van der Waals surface area contributed by atoms with Crippen molar-refractivity contribution in [2.45, 2.75) is 50.6 Å². The van der Waals surface area contributed by atoms with Crippen LogP contribution in [0.5, 0.6) is 0 Å². The molecule has 2 aromatic rings. The Kier molecular flexibility index (Phi) is 5.31. The molecule has 2 fully saturated rings. The molecule has 1 atom stereocenters. The van der Waals surface area contributed by atoms with Gasteiger partial charge < -0.3 is 24.1 Å². The summed E-state index contributed by atoms with van der Waals surface area (Å²) in [5.41, 5.74) is 0. The van der Waals surface area contributed by atoms with E-state index in [9.17, 15) is 9.59 Å². The van der Waals surface area contributed by atoms with Crippen molar-refractivity contribution in [3.05, 3.63) is 35.9 Å². The monoisotopic (exact) mass is 387 g/mol. The molecule has 2 aromatic heterocycles. The molecule has 28 heavy (non-hydrogen) atoms. The van der Waals surface area contributed by atoms with E-state index in [4.69, 9.17) is 8.94 Å². The fraction of sp³-hybridized carbons (Fsp3) is 0.579. The largest absolute Gasteiger partial charge is 0.459 e. The smallest absolute Gasteiger partial charge is 0.317 e. The predicted molar refractivity (Wildman–Crippen MR) is 98.5 cm³/mol. The van der Waals surface area contributed by atoms with Crippen LogP contribution in [-0.2, 0) is 6.54 Å². The van der Waals surface area contributed by atoms with Crippen LogP contribution in [0, 0.1) is 0 Å². The van der Waals surface area contributed by atoms with Crippen molar-refractivity contribution in [2.75, 3.05) is 20.1 Å². The molecule has 1 aliphatic heterocycles. The zero-order chi connectivity index (χ0) is 19.5. The van der Waals surface area contributed by atoms with E-state index < -0.39 is 0 Å². The highest BCUT2D eigenvalue weighted by molar-refractivity contribution is 5.91. The third-order valence-electron chi connectivity index (χ3n) is 5.43. The molecule has 0 radical (unpaired) electrons. The summed E-state index contributed by atoms with van der Waals surface area (Å²) in [5.74, 6) is 1.74. The highest BCUT2D eigenvalue weighted by atomic mass is 16.5. The lowest BCUT2D eigenvalue weighted by Crippen LogP contribution is -2.52. The summed E-state index contributed by atoms with van der Waals surface area (Å²) < 4.78 is 10.5. The van der Waals surface area contributed by atoms with Gasteiger partial charge in [-0.2, -0.15) is 4.98 Å². The number of urea groups is 1. The second-order valence-electron chi connectivity index (χ2n) is 7.55. The minimum absolute atomic E-state index is 0.0987. The average molecular weight is 387 g/mol. The lowest BCUT2D eigenvalue weighted by molar-refractivity contribution is 0.0663. The van der Waals surface area contributed by atoms with E-state index in [0.29, 0.717) is 36.5 Å². The minimum atomic E-state index is -0.215. The van der Waals surface area contributed by atoms with E-state index >= 15 is 0 Å². The number of likely N-dealkylation sites (tertiary alicyclic amines) is 1. The Morgan fingerprint density at radius 1 is 1.32 bits per heavy atom.